The molecule has 0 aromatic heterocycles. The number of phenolic OH excluding ortho intramolecular Hbond substituents is 1. The van der Waals surface area contributed by atoms with Crippen LogP contribution in [-0.4, -0.2) is 28.5 Å². The Morgan fingerprint density at radius 1 is 1.42 bits per heavy atom. The van der Waals surface area contributed by atoms with Gasteiger partial charge >= 0.3 is 6.03 Å². The Hall–Kier alpha value is -1.83. The zero-order valence-corrected chi connectivity index (χ0v) is 12.0. The van der Waals surface area contributed by atoms with Crippen molar-refractivity contribution in [2.75, 3.05) is 6.54 Å². The SMILES string of the molecule is C=CCN1C(=O)N/C(=C\c2ccc(O)c(I)c2)C1=O. The van der Waals surface area contributed by atoms with Crippen LogP contribution in [-0.2, 0) is 4.79 Å². The van der Waals surface area contributed by atoms with Crippen molar-refractivity contribution in [3.05, 3.63) is 45.7 Å². The number of phenols is 1. The van der Waals surface area contributed by atoms with Gasteiger partial charge in [0.15, 0.2) is 0 Å². The molecule has 1 aromatic carbocycles. The highest BCUT2D eigenvalue weighted by Crippen LogP contribution is 2.22. The molecule has 6 heteroatoms. The average molecular weight is 370 g/mol. The van der Waals surface area contributed by atoms with Gasteiger partial charge in [0.1, 0.15) is 11.4 Å². The molecule has 2 rings (SSSR count). The molecule has 1 aliphatic rings. The fourth-order valence-corrected chi connectivity index (χ4v) is 2.19. The summed E-state index contributed by atoms with van der Waals surface area (Å²) in [6, 6.07) is 4.47. The van der Waals surface area contributed by atoms with Gasteiger partial charge in [-0.2, -0.15) is 0 Å². The lowest BCUT2D eigenvalue weighted by Crippen LogP contribution is -2.30. The molecule has 5 nitrogen and oxygen atoms in total. The number of urea groups is 1. The number of nitrogens with one attached hydrogen (secondary N) is 1. The van der Waals surface area contributed by atoms with Crippen molar-refractivity contribution in [2.45, 2.75) is 0 Å². The Morgan fingerprint density at radius 2 is 2.16 bits per heavy atom. The number of imide groups is 1. The van der Waals surface area contributed by atoms with E-state index < -0.39 is 6.03 Å². The minimum absolute atomic E-state index is 0.176. The quantitative estimate of drug-likeness (QED) is 0.371. The number of halogens is 1. The molecule has 1 heterocycles. The van der Waals surface area contributed by atoms with Crippen molar-refractivity contribution in [3.63, 3.8) is 0 Å². The van der Waals surface area contributed by atoms with E-state index in [-0.39, 0.29) is 23.9 Å². The number of benzene rings is 1. The number of amides is 3. The summed E-state index contributed by atoms with van der Waals surface area (Å²) in [5, 5.41) is 11.9. The van der Waals surface area contributed by atoms with E-state index in [1.807, 2.05) is 22.6 Å². The lowest BCUT2D eigenvalue weighted by atomic mass is 10.2. The molecule has 3 amide bonds. The molecule has 0 aliphatic carbocycles. The summed E-state index contributed by atoms with van der Waals surface area (Å²) in [6.07, 6.45) is 3.06. The van der Waals surface area contributed by atoms with E-state index in [4.69, 9.17) is 0 Å². The molecule has 1 fully saturated rings. The summed E-state index contributed by atoms with van der Waals surface area (Å²) in [6.45, 7) is 3.68. The minimum atomic E-state index is -0.454. The van der Waals surface area contributed by atoms with Crippen molar-refractivity contribution in [2.24, 2.45) is 0 Å². The number of rotatable bonds is 3. The van der Waals surface area contributed by atoms with Crippen LogP contribution in [0.1, 0.15) is 5.56 Å². The molecular weight excluding hydrogens is 359 g/mol. The van der Waals surface area contributed by atoms with Crippen LogP contribution in [0, 0.1) is 3.57 Å². The maximum Gasteiger partial charge on any atom is 0.329 e. The van der Waals surface area contributed by atoms with E-state index in [9.17, 15) is 14.7 Å². The molecule has 19 heavy (non-hydrogen) atoms. The zero-order valence-electron chi connectivity index (χ0n) is 9.89. The number of hydrogen-bond donors (Lipinski definition) is 2. The summed E-state index contributed by atoms with van der Waals surface area (Å²) in [7, 11) is 0. The topological polar surface area (TPSA) is 69.6 Å². The Kier molecular flexibility index (Phi) is 3.89. The average Bonchev–Trinajstić information content (AvgIpc) is 2.62. The highest BCUT2D eigenvalue weighted by molar-refractivity contribution is 14.1. The predicted octanol–water partition coefficient (Wildman–Crippen LogP) is 2.08. The van der Waals surface area contributed by atoms with Gasteiger partial charge in [0, 0.05) is 6.54 Å². The molecule has 98 valence electrons. The van der Waals surface area contributed by atoms with E-state index in [1.54, 1.807) is 18.2 Å². The third kappa shape index (κ3) is 2.78. The van der Waals surface area contributed by atoms with Gasteiger partial charge in [-0.1, -0.05) is 12.1 Å². The van der Waals surface area contributed by atoms with Crippen molar-refractivity contribution < 1.29 is 14.7 Å². The first-order valence-corrected chi connectivity index (χ1v) is 6.54. The van der Waals surface area contributed by atoms with Crippen LogP contribution in [0.25, 0.3) is 6.08 Å². The Balaban J connectivity index is 2.29. The number of hydrogen-bond acceptors (Lipinski definition) is 3. The molecule has 2 N–H and O–H groups in total. The van der Waals surface area contributed by atoms with E-state index in [0.29, 0.717) is 3.57 Å². The maximum absolute atomic E-state index is 11.9. The molecule has 0 radical (unpaired) electrons. The summed E-state index contributed by atoms with van der Waals surface area (Å²) < 4.78 is 0.673. The number of carbonyl (C=O) groups is 2. The molecule has 0 unspecified atom stereocenters. The van der Waals surface area contributed by atoms with Gasteiger partial charge in [-0.15, -0.1) is 6.58 Å². The smallest absolute Gasteiger partial charge is 0.329 e. The molecule has 0 saturated carbocycles. The summed E-state index contributed by atoms with van der Waals surface area (Å²) in [5.74, 6) is -0.203. The van der Waals surface area contributed by atoms with Crippen LogP contribution in [0.2, 0.25) is 0 Å². The fourth-order valence-electron chi connectivity index (χ4n) is 1.65. The number of aromatic hydroxyl groups is 1. The van der Waals surface area contributed by atoms with Gasteiger partial charge in [-0.25, -0.2) is 4.79 Å². The highest BCUT2D eigenvalue weighted by Gasteiger charge is 2.32. The van der Waals surface area contributed by atoms with E-state index in [1.165, 1.54) is 12.1 Å². The minimum Gasteiger partial charge on any atom is -0.507 e. The van der Waals surface area contributed by atoms with Crippen molar-refractivity contribution in [3.8, 4) is 5.75 Å². The molecular formula is C13H11IN2O3. The van der Waals surface area contributed by atoms with E-state index >= 15 is 0 Å². The van der Waals surface area contributed by atoms with Gasteiger partial charge in [0.25, 0.3) is 5.91 Å². The largest absolute Gasteiger partial charge is 0.507 e. The lowest BCUT2D eigenvalue weighted by molar-refractivity contribution is -0.122. The predicted molar refractivity (Wildman–Crippen MR) is 79.2 cm³/mol. The molecule has 0 bridgehead atoms. The van der Waals surface area contributed by atoms with Gasteiger partial charge in [0.05, 0.1) is 3.57 Å². The Labute approximate surface area is 123 Å². The monoisotopic (exact) mass is 370 g/mol. The standard InChI is InChI=1S/C13H11IN2O3/c1-2-5-16-12(18)10(15-13(16)19)7-8-3-4-11(17)9(14)6-8/h2-4,6-7,17H,1,5H2,(H,15,19)/b10-7-. The van der Waals surface area contributed by atoms with Gasteiger partial charge in [0.2, 0.25) is 0 Å². The normalized spacial score (nSPS) is 16.9. The van der Waals surface area contributed by atoms with Crippen molar-refractivity contribution >= 4 is 40.6 Å². The van der Waals surface area contributed by atoms with Crippen LogP contribution in [0.5, 0.6) is 5.75 Å². The summed E-state index contributed by atoms with van der Waals surface area (Å²) in [4.78, 5) is 24.6. The summed E-state index contributed by atoms with van der Waals surface area (Å²) >= 11 is 1.99. The molecule has 1 aliphatic heterocycles. The van der Waals surface area contributed by atoms with E-state index in [0.717, 1.165) is 10.5 Å². The Morgan fingerprint density at radius 3 is 2.79 bits per heavy atom. The van der Waals surface area contributed by atoms with Crippen molar-refractivity contribution in [1.29, 1.82) is 0 Å². The second kappa shape index (κ2) is 5.43. The molecule has 1 aromatic rings. The maximum atomic E-state index is 11.9. The van der Waals surface area contributed by atoms with E-state index in [2.05, 4.69) is 11.9 Å². The van der Waals surface area contributed by atoms with Gasteiger partial charge in [-0.3, -0.25) is 9.69 Å². The van der Waals surface area contributed by atoms with Crippen LogP contribution in [0.15, 0.2) is 36.6 Å². The van der Waals surface area contributed by atoms with Crippen molar-refractivity contribution in [1.82, 2.24) is 10.2 Å². The second-order valence-corrected chi connectivity index (χ2v) is 5.07. The fraction of sp³-hybridized carbons (Fsp3) is 0.0769. The Bertz CT molecular complexity index is 596. The number of carbonyl (C=O) groups excluding carboxylic acids is 2. The zero-order chi connectivity index (χ0) is 14.0. The lowest BCUT2D eigenvalue weighted by Gasteiger charge is -2.06. The summed E-state index contributed by atoms with van der Waals surface area (Å²) in [5.41, 5.74) is 0.944. The number of nitrogens with zero attached hydrogens (tertiary/aromatic N) is 1. The first-order chi connectivity index (χ1) is 9.02. The molecule has 0 spiro atoms. The first-order valence-electron chi connectivity index (χ1n) is 5.47. The molecule has 1 saturated heterocycles. The molecule has 0 atom stereocenters. The highest BCUT2D eigenvalue weighted by atomic mass is 127. The third-order valence-corrected chi connectivity index (χ3v) is 3.42. The van der Waals surface area contributed by atoms with Crippen LogP contribution in [0.3, 0.4) is 0 Å². The van der Waals surface area contributed by atoms with Gasteiger partial charge < -0.3 is 10.4 Å². The first kappa shape index (κ1) is 13.6. The van der Waals surface area contributed by atoms with Gasteiger partial charge in [-0.05, 0) is 46.4 Å². The van der Waals surface area contributed by atoms with Crippen LogP contribution >= 0.6 is 22.6 Å². The third-order valence-electron chi connectivity index (χ3n) is 2.56. The van der Waals surface area contributed by atoms with Crippen LogP contribution < -0.4 is 5.32 Å². The second-order valence-electron chi connectivity index (χ2n) is 3.90. The van der Waals surface area contributed by atoms with Crippen LogP contribution in [0.4, 0.5) is 4.79 Å².